The predicted molar refractivity (Wildman–Crippen MR) is 59.6 cm³/mol. The topological polar surface area (TPSA) is 3.24 Å². The Morgan fingerprint density at radius 2 is 1.58 bits per heavy atom. The number of nitrogens with zero attached hydrogens (tertiary/aromatic N) is 1. The number of anilines is 1. The molecule has 0 aromatic heterocycles. The Balaban J connectivity index is 2.80. The average molecular weight is 224 g/mol. The summed E-state index contributed by atoms with van der Waals surface area (Å²) in [4.78, 5) is 2.37. The summed E-state index contributed by atoms with van der Waals surface area (Å²) in [7, 11) is 0. The van der Waals surface area contributed by atoms with E-state index in [9.17, 15) is 0 Å². The maximum absolute atomic E-state index is 2.37. The van der Waals surface area contributed by atoms with Crippen molar-refractivity contribution in [1.82, 2.24) is 0 Å². The van der Waals surface area contributed by atoms with E-state index in [0.29, 0.717) is 0 Å². The van der Waals surface area contributed by atoms with Gasteiger partial charge >= 0.3 is 82.7 Å². The Kier molecular flexibility index (Phi) is 3.66. The first-order valence-corrected chi connectivity index (χ1v) is 6.69. The zero-order valence-corrected chi connectivity index (χ0v) is 12.4. The van der Waals surface area contributed by atoms with E-state index >= 15 is 0 Å². The summed E-state index contributed by atoms with van der Waals surface area (Å²) >= 11 is 0.814. The second kappa shape index (κ2) is 4.55. The molecule has 0 aliphatic rings. The van der Waals surface area contributed by atoms with Crippen LogP contribution in [0.25, 0.3) is 0 Å². The maximum atomic E-state index is 2.37. The van der Waals surface area contributed by atoms with Gasteiger partial charge in [0, 0.05) is 0 Å². The van der Waals surface area contributed by atoms with E-state index in [0.717, 1.165) is 29.6 Å². The second-order valence-corrected chi connectivity index (χ2v) is 5.43. The second-order valence-electron chi connectivity index (χ2n) is 3.01. The Labute approximate surface area is 83.0 Å². The molecule has 1 aromatic rings. The van der Waals surface area contributed by atoms with Crippen molar-refractivity contribution in [3.05, 3.63) is 24.3 Å². The van der Waals surface area contributed by atoms with Crippen molar-refractivity contribution in [3.8, 4) is 0 Å². The first-order valence-electron chi connectivity index (χ1n) is 4.59. The molecule has 0 saturated carbocycles. The number of benzene rings is 1. The molecule has 1 nitrogen and oxygen atoms in total. The summed E-state index contributed by atoms with van der Waals surface area (Å²) in [5.41, 5.74) is 1.35. The fourth-order valence-corrected chi connectivity index (χ4v) is 2.04. The molecule has 12 heavy (non-hydrogen) atoms. The molecule has 0 heterocycles. The van der Waals surface area contributed by atoms with Gasteiger partial charge < -0.3 is 0 Å². The van der Waals surface area contributed by atoms with Gasteiger partial charge in [-0.1, -0.05) is 0 Å². The van der Waals surface area contributed by atoms with Crippen molar-refractivity contribution in [3.63, 3.8) is 0 Å². The Morgan fingerprint density at radius 1 is 1.08 bits per heavy atom. The Morgan fingerprint density at radius 3 is 2.00 bits per heavy atom. The minimum absolute atomic E-state index is 0.814. The summed E-state index contributed by atoms with van der Waals surface area (Å²) in [5, 5.41) is 0. The summed E-state index contributed by atoms with van der Waals surface area (Å²) in [6.45, 7) is 6.59. The number of hydrogen-bond donors (Lipinski definition) is 0. The molecule has 1 aromatic carbocycles. The molecule has 0 radical (unpaired) electrons. The van der Waals surface area contributed by atoms with Gasteiger partial charge in [0.25, 0.3) is 0 Å². The van der Waals surface area contributed by atoms with E-state index < -0.39 is 0 Å². The van der Waals surface area contributed by atoms with Gasteiger partial charge in [0.15, 0.2) is 0 Å². The fourth-order valence-electron chi connectivity index (χ4n) is 1.34. The normalized spacial score (nSPS) is 10.2. The molecule has 2 heteroatoms. The van der Waals surface area contributed by atoms with E-state index in [1.807, 2.05) is 0 Å². The summed E-state index contributed by atoms with van der Waals surface area (Å²) in [6, 6.07) is 8.95. The van der Waals surface area contributed by atoms with Crippen LogP contribution in [0.4, 0.5) is 5.69 Å². The van der Waals surface area contributed by atoms with Crippen LogP contribution in [0, 0.1) is 0 Å². The fraction of sp³-hybridized carbons (Fsp3) is 0.400. The first kappa shape index (κ1) is 9.65. The standard InChI is InChI=1S/C10H17GeN/c1-3-12(4-2)10-7-5-9(11)6-8-10/h5-8H,3-4H2,1-2,11H3. The van der Waals surface area contributed by atoms with Crippen LogP contribution in [-0.4, -0.2) is 29.6 Å². The van der Waals surface area contributed by atoms with Gasteiger partial charge in [-0.2, -0.15) is 0 Å². The van der Waals surface area contributed by atoms with Crippen LogP contribution in [0.3, 0.4) is 0 Å². The molecule has 0 fully saturated rings. The van der Waals surface area contributed by atoms with Crippen molar-refractivity contribution in [2.75, 3.05) is 18.0 Å². The summed E-state index contributed by atoms with van der Waals surface area (Å²) < 4.78 is 1.51. The molecule has 66 valence electrons. The zero-order chi connectivity index (χ0) is 8.97. The molecular weight excluding hydrogens is 207 g/mol. The van der Waals surface area contributed by atoms with E-state index in [1.165, 1.54) is 10.1 Å². The molecular formula is C10H17GeN. The molecule has 1 rings (SSSR count). The van der Waals surface area contributed by atoms with Crippen LogP contribution in [-0.2, 0) is 0 Å². The van der Waals surface area contributed by atoms with Gasteiger partial charge in [0.2, 0.25) is 0 Å². The van der Waals surface area contributed by atoms with Crippen LogP contribution < -0.4 is 9.30 Å². The third-order valence-electron chi connectivity index (χ3n) is 2.16. The number of hydrogen-bond acceptors (Lipinski definition) is 1. The van der Waals surface area contributed by atoms with Gasteiger partial charge in [-0.05, 0) is 0 Å². The third-order valence-corrected chi connectivity index (χ3v) is 3.56. The SMILES string of the molecule is CCN(CC)c1cc[c]([GeH3])cc1. The van der Waals surface area contributed by atoms with Crippen molar-refractivity contribution in [1.29, 1.82) is 0 Å². The molecule has 0 unspecified atom stereocenters. The number of rotatable bonds is 3. The predicted octanol–water partition coefficient (Wildman–Crippen LogP) is 0.523. The van der Waals surface area contributed by atoms with Gasteiger partial charge in [-0.25, -0.2) is 0 Å². The van der Waals surface area contributed by atoms with Crippen LogP contribution in [0.1, 0.15) is 13.8 Å². The van der Waals surface area contributed by atoms with Crippen LogP contribution in [0.2, 0.25) is 0 Å². The summed E-state index contributed by atoms with van der Waals surface area (Å²) in [6.07, 6.45) is 0. The first-order chi connectivity index (χ1) is 5.77. The van der Waals surface area contributed by atoms with Crippen LogP contribution in [0.5, 0.6) is 0 Å². The molecule has 0 aliphatic heterocycles. The van der Waals surface area contributed by atoms with E-state index in [4.69, 9.17) is 0 Å². The van der Waals surface area contributed by atoms with E-state index in [1.54, 1.807) is 0 Å². The molecule has 0 atom stereocenters. The molecule has 0 aliphatic carbocycles. The van der Waals surface area contributed by atoms with Crippen molar-refractivity contribution >= 4 is 26.6 Å². The quantitative estimate of drug-likeness (QED) is 0.676. The Hall–Kier alpha value is -0.437. The zero-order valence-electron chi connectivity index (χ0n) is 8.17. The van der Waals surface area contributed by atoms with E-state index in [-0.39, 0.29) is 0 Å². The molecule has 0 bridgehead atoms. The molecule has 0 amide bonds. The summed E-state index contributed by atoms with van der Waals surface area (Å²) in [5.74, 6) is 0. The minimum atomic E-state index is 0.814. The molecule has 0 spiro atoms. The van der Waals surface area contributed by atoms with Gasteiger partial charge in [0.05, 0.1) is 0 Å². The van der Waals surface area contributed by atoms with Crippen LogP contribution in [0.15, 0.2) is 24.3 Å². The van der Waals surface area contributed by atoms with Gasteiger partial charge in [-0.3, -0.25) is 0 Å². The Bertz CT molecular complexity index is 226. The van der Waals surface area contributed by atoms with Crippen molar-refractivity contribution in [2.24, 2.45) is 0 Å². The van der Waals surface area contributed by atoms with Crippen molar-refractivity contribution < 1.29 is 0 Å². The van der Waals surface area contributed by atoms with E-state index in [2.05, 4.69) is 43.0 Å². The average Bonchev–Trinajstić information content (AvgIpc) is 2.10. The van der Waals surface area contributed by atoms with Crippen molar-refractivity contribution in [2.45, 2.75) is 13.8 Å². The monoisotopic (exact) mass is 225 g/mol. The molecule has 0 N–H and O–H groups in total. The van der Waals surface area contributed by atoms with Crippen LogP contribution >= 0.6 is 0 Å². The third kappa shape index (κ3) is 2.27. The molecule has 0 saturated heterocycles. The van der Waals surface area contributed by atoms with Gasteiger partial charge in [-0.15, -0.1) is 0 Å². The van der Waals surface area contributed by atoms with Gasteiger partial charge in [0.1, 0.15) is 0 Å².